The third kappa shape index (κ3) is 1.85. The summed E-state index contributed by atoms with van der Waals surface area (Å²) in [5.41, 5.74) is 0.984. The highest BCUT2D eigenvalue weighted by Gasteiger charge is 2.18. The number of halogens is 2. The molecule has 0 saturated carbocycles. The molecule has 1 atom stereocenters. The molecule has 1 aromatic rings. The Morgan fingerprint density at radius 3 is 3.15 bits per heavy atom. The predicted octanol–water partition coefficient (Wildman–Crippen LogP) is 2.91. The lowest BCUT2D eigenvalue weighted by molar-refractivity contribution is 0.197. The van der Waals surface area contributed by atoms with Gasteiger partial charge in [0.2, 0.25) is 0 Å². The van der Waals surface area contributed by atoms with Gasteiger partial charge in [-0.25, -0.2) is 4.39 Å². The second-order valence-electron chi connectivity index (χ2n) is 3.18. The summed E-state index contributed by atoms with van der Waals surface area (Å²) >= 11 is 3.38. The standard InChI is InChI=1S/C10H10BrFO/c11-6-9-3-1-7-5-8(12)2-4-10(7)13-9/h2,4-5,9H,1,3,6H2. The third-order valence-corrected chi connectivity index (χ3v) is 2.95. The van der Waals surface area contributed by atoms with E-state index in [0.29, 0.717) is 0 Å². The summed E-state index contributed by atoms with van der Waals surface area (Å²) in [4.78, 5) is 0. The molecular formula is C10H10BrFO. The van der Waals surface area contributed by atoms with Crippen LogP contribution in [0.5, 0.6) is 5.75 Å². The number of ether oxygens (including phenoxy) is 1. The van der Waals surface area contributed by atoms with Crippen LogP contribution in [0.2, 0.25) is 0 Å². The highest BCUT2D eigenvalue weighted by Crippen LogP contribution is 2.28. The molecule has 0 spiro atoms. The number of alkyl halides is 1. The molecule has 1 nitrogen and oxygen atoms in total. The van der Waals surface area contributed by atoms with E-state index in [4.69, 9.17) is 4.74 Å². The number of rotatable bonds is 1. The van der Waals surface area contributed by atoms with Gasteiger partial charge in [-0.3, -0.25) is 0 Å². The van der Waals surface area contributed by atoms with E-state index in [9.17, 15) is 4.39 Å². The van der Waals surface area contributed by atoms with Gasteiger partial charge in [0.25, 0.3) is 0 Å². The Balaban J connectivity index is 2.26. The van der Waals surface area contributed by atoms with Gasteiger partial charge >= 0.3 is 0 Å². The fraction of sp³-hybridized carbons (Fsp3) is 0.400. The summed E-state index contributed by atoms with van der Waals surface area (Å²) in [6.45, 7) is 0. The fourth-order valence-electron chi connectivity index (χ4n) is 1.52. The lowest BCUT2D eigenvalue weighted by Gasteiger charge is -2.24. The molecule has 70 valence electrons. The minimum atomic E-state index is -0.181. The van der Waals surface area contributed by atoms with Gasteiger partial charge in [0.05, 0.1) is 0 Å². The number of fused-ring (bicyclic) bond motifs is 1. The number of hydrogen-bond acceptors (Lipinski definition) is 1. The molecule has 0 aliphatic carbocycles. The smallest absolute Gasteiger partial charge is 0.123 e. The van der Waals surface area contributed by atoms with Gasteiger partial charge in [-0.2, -0.15) is 0 Å². The molecule has 0 aromatic heterocycles. The summed E-state index contributed by atoms with van der Waals surface area (Å²) < 4.78 is 18.4. The molecule has 1 heterocycles. The molecule has 0 radical (unpaired) electrons. The Hall–Kier alpha value is -0.570. The van der Waals surface area contributed by atoms with Crippen molar-refractivity contribution in [3.8, 4) is 5.75 Å². The lowest BCUT2D eigenvalue weighted by Crippen LogP contribution is -2.23. The van der Waals surface area contributed by atoms with Crippen molar-refractivity contribution in [2.24, 2.45) is 0 Å². The maximum Gasteiger partial charge on any atom is 0.123 e. The van der Waals surface area contributed by atoms with E-state index in [1.807, 2.05) is 0 Å². The van der Waals surface area contributed by atoms with Crippen LogP contribution >= 0.6 is 15.9 Å². The summed E-state index contributed by atoms with van der Waals surface area (Å²) in [5, 5.41) is 0.837. The van der Waals surface area contributed by atoms with Crippen LogP contribution in [-0.4, -0.2) is 11.4 Å². The molecule has 1 unspecified atom stereocenters. The van der Waals surface area contributed by atoms with Gasteiger partial charge in [-0.15, -0.1) is 0 Å². The summed E-state index contributed by atoms with van der Waals surface area (Å²) in [5.74, 6) is 0.650. The topological polar surface area (TPSA) is 9.23 Å². The minimum absolute atomic E-state index is 0.181. The van der Waals surface area contributed by atoms with Crippen LogP contribution in [0.4, 0.5) is 4.39 Å². The molecule has 1 aromatic carbocycles. The van der Waals surface area contributed by atoms with Crippen molar-refractivity contribution in [2.75, 3.05) is 5.33 Å². The normalized spacial score (nSPS) is 20.6. The zero-order valence-corrected chi connectivity index (χ0v) is 8.68. The van der Waals surface area contributed by atoms with Gasteiger partial charge < -0.3 is 4.74 Å². The summed E-state index contributed by atoms with van der Waals surface area (Å²) in [7, 11) is 0. The maximum absolute atomic E-state index is 12.8. The second kappa shape index (κ2) is 3.66. The average molecular weight is 245 g/mol. The van der Waals surface area contributed by atoms with Gasteiger partial charge in [0.1, 0.15) is 17.7 Å². The molecule has 0 N–H and O–H groups in total. The first-order valence-electron chi connectivity index (χ1n) is 4.30. The largest absolute Gasteiger partial charge is 0.489 e. The summed E-state index contributed by atoms with van der Waals surface area (Å²) in [6, 6.07) is 4.70. The van der Waals surface area contributed by atoms with Crippen molar-refractivity contribution in [2.45, 2.75) is 18.9 Å². The first-order chi connectivity index (χ1) is 6.29. The SMILES string of the molecule is Fc1ccc2c(c1)CCC(CBr)O2. The van der Waals surface area contributed by atoms with Gasteiger partial charge in [0.15, 0.2) is 0 Å². The Kier molecular flexibility index (Phi) is 2.54. The van der Waals surface area contributed by atoms with Crippen molar-refractivity contribution in [1.29, 1.82) is 0 Å². The minimum Gasteiger partial charge on any atom is -0.489 e. The van der Waals surface area contributed by atoms with Crippen molar-refractivity contribution in [3.05, 3.63) is 29.6 Å². The lowest BCUT2D eigenvalue weighted by atomic mass is 10.0. The van der Waals surface area contributed by atoms with Crippen LogP contribution in [0, 0.1) is 5.82 Å². The van der Waals surface area contributed by atoms with Crippen LogP contribution in [0.25, 0.3) is 0 Å². The number of aryl methyl sites for hydroxylation is 1. The Morgan fingerprint density at radius 1 is 1.54 bits per heavy atom. The predicted molar refractivity (Wildman–Crippen MR) is 52.9 cm³/mol. The van der Waals surface area contributed by atoms with E-state index in [1.54, 1.807) is 12.1 Å². The summed E-state index contributed by atoms with van der Waals surface area (Å²) in [6.07, 6.45) is 2.10. The molecule has 0 amide bonds. The number of hydrogen-bond donors (Lipinski definition) is 0. The van der Waals surface area contributed by atoms with Gasteiger partial charge in [-0.1, -0.05) is 15.9 Å². The highest BCUT2D eigenvalue weighted by atomic mass is 79.9. The quantitative estimate of drug-likeness (QED) is 0.691. The second-order valence-corrected chi connectivity index (χ2v) is 3.83. The van der Waals surface area contributed by atoms with Crippen LogP contribution in [0.1, 0.15) is 12.0 Å². The zero-order valence-electron chi connectivity index (χ0n) is 7.09. The van der Waals surface area contributed by atoms with Crippen molar-refractivity contribution < 1.29 is 9.13 Å². The van der Waals surface area contributed by atoms with E-state index in [1.165, 1.54) is 6.07 Å². The molecular weight excluding hydrogens is 235 g/mol. The van der Waals surface area contributed by atoms with Gasteiger partial charge in [-0.05, 0) is 36.6 Å². The Bertz CT molecular complexity index is 314. The van der Waals surface area contributed by atoms with Crippen LogP contribution in [0.3, 0.4) is 0 Å². The zero-order chi connectivity index (χ0) is 9.26. The van der Waals surface area contributed by atoms with Crippen molar-refractivity contribution in [1.82, 2.24) is 0 Å². The highest BCUT2D eigenvalue weighted by molar-refractivity contribution is 9.09. The van der Waals surface area contributed by atoms with E-state index in [2.05, 4.69) is 15.9 Å². The van der Waals surface area contributed by atoms with Gasteiger partial charge in [0, 0.05) is 5.33 Å². The molecule has 0 bridgehead atoms. The maximum atomic E-state index is 12.8. The Morgan fingerprint density at radius 2 is 2.38 bits per heavy atom. The van der Waals surface area contributed by atoms with E-state index >= 15 is 0 Å². The molecule has 0 saturated heterocycles. The number of benzene rings is 1. The van der Waals surface area contributed by atoms with Crippen LogP contribution in [0.15, 0.2) is 18.2 Å². The Labute approximate surface area is 85.0 Å². The molecule has 13 heavy (non-hydrogen) atoms. The average Bonchev–Trinajstić information content (AvgIpc) is 2.17. The molecule has 1 aliphatic rings. The molecule has 0 fully saturated rings. The van der Waals surface area contributed by atoms with E-state index < -0.39 is 0 Å². The third-order valence-electron chi connectivity index (χ3n) is 2.22. The monoisotopic (exact) mass is 244 g/mol. The van der Waals surface area contributed by atoms with Crippen molar-refractivity contribution in [3.63, 3.8) is 0 Å². The first kappa shape index (κ1) is 9.00. The fourth-order valence-corrected chi connectivity index (χ4v) is 1.98. The van der Waals surface area contributed by atoms with Crippen LogP contribution < -0.4 is 4.74 Å². The first-order valence-corrected chi connectivity index (χ1v) is 5.43. The van der Waals surface area contributed by atoms with E-state index in [0.717, 1.165) is 29.5 Å². The van der Waals surface area contributed by atoms with E-state index in [-0.39, 0.29) is 11.9 Å². The van der Waals surface area contributed by atoms with Crippen LogP contribution in [-0.2, 0) is 6.42 Å². The van der Waals surface area contributed by atoms with Crippen molar-refractivity contribution >= 4 is 15.9 Å². The molecule has 2 rings (SSSR count). The molecule has 3 heteroatoms. The molecule has 1 aliphatic heterocycles.